The molecule has 0 aliphatic rings. The summed E-state index contributed by atoms with van der Waals surface area (Å²) in [5.74, 6) is 0. The molecule has 35 heavy (non-hydrogen) atoms. The standard InChI is InChI=1S/C12H12N2.C10H16N2.C7H10N2/c13-10-6-8-12(9-7-10)14-11-4-2-1-3-5-11;1-5-6(2)10(12)8(4)7(3)9(5)11;1-5-4-6(8)2-3-7(5)9/h1-9,14H,13H2;11-12H2,1-4H3;2-4H,8-9H2,1H3. The minimum atomic E-state index is 0.765. The van der Waals surface area contributed by atoms with Crippen LogP contribution in [0.1, 0.15) is 27.8 Å². The highest BCUT2D eigenvalue weighted by molar-refractivity contribution is 5.69. The second-order valence-corrected chi connectivity index (χ2v) is 8.56. The third-order valence-corrected chi connectivity index (χ3v) is 6.01. The summed E-state index contributed by atoms with van der Waals surface area (Å²) in [7, 11) is 0. The number of nitrogen functional groups attached to an aromatic ring is 5. The smallest absolute Gasteiger partial charge is 0.0385 e. The van der Waals surface area contributed by atoms with Gasteiger partial charge < -0.3 is 34.0 Å². The van der Waals surface area contributed by atoms with E-state index in [9.17, 15) is 0 Å². The van der Waals surface area contributed by atoms with Crippen LogP contribution in [-0.4, -0.2) is 0 Å². The second-order valence-electron chi connectivity index (χ2n) is 8.56. The van der Waals surface area contributed by atoms with Gasteiger partial charge in [-0.3, -0.25) is 0 Å². The highest BCUT2D eigenvalue weighted by atomic mass is 14.9. The van der Waals surface area contributed by atoms with Gasteiger partial charge >= 0.3 is 0 Å². The molecule has 0 amide bonds. The minimum absolute atomic E-state index is 0.765. The number of para-hydroxylation sites is 1. The van der Waals surface area contributed by atoms with Crippen LogP contribution >= 0.6 is 0 Å². The molecular formula is C29H38N6. The van der Waals surface area contributed by atoms with Crippen molar-refractivity contribution in [2.45, 2.75) is 34.6 Å². The molecule has 4 aromatic rings. The Morgan fingerprint density at radius 1 is 0.486 bits per heavy atom. The van der Waals surface area contributed by atoms with Crippen LogP contribution in [0.25, 0.3) is 0 Å². The number of hydrogen-bond donors (Lipinski definition) is 6. The lowest BCUT2D eigenvalue weighted by molar-refractivity contribution is 1.26. The van der Waals surface area contributed by atoms with Crippen molar-refractivity contribution in [1.29, 1.82) is 0 Å². The zero-order valence-corrected chi connectivity index (χ0v) is 21.3. The summed E-state index contributed by atoms with van der Waals surface area (Å²) in [4.78, 5) is 0. The van der Waals surface area contributed by atoms with Gasteiger partial charge in [0.15, 0.2) is 0 Å². The van der Waals surface area contributed by atoms with Crippen LogP contribution in [0.2, 0.25) is 0 Å². The Labute approximate surface area is 209 Å². The first-order valence-electron chi connectivity index (χ1n) is 11.4. The molecule has 0 saturated carbocycles. The Hall–Kier alpha value is -4.32. The molecule has 184 valence electrons. The van der Waals surface area contributed by atoms with Crippen molar-refractivity contribution < 1.29 is 0 Å². The van der Waals surface area contributed by atoms with E-state index in [0.29, 0.717) is 0 Å². The summed E-state index contributed by atoms with van der Waals surface area (Å²) in [6, 6.07) is 23.2. The Bertz CT molecular complexity index is 1140. The van der Waals surface area contributed by atoms with Gasteiger partial charge in [-0.05, 0) is 117 Å². The van der Waals surface area contributed by atoms with E-state index in [1.807, 2.05) is 101 Å². The van der Waals surface area contributed by atoms with Crippen molar-refractivity contribution in [2.24, 2.45) is 0 Å². The van der Waals surface area contributed by atoms with Gasteiger partial charge in [-0.2, -0.15) is 0 Å². The molecule has 0 atom stereocenters. The molecule has 0 spiro atoms. The molecule has 0 radical (unpaired) electrons. The SMILES string of the molecule is Cc1c(C)c(N)c(C)c(C)c1N.Cc1cc(N)ccc1N.Nc1ccc(Nc2ccccc2)cc1. The summed E-state index contributed by atoms with van der Waals surface area (Å²) in [6.07, 6.45) is 0. The minimum Gasteiger partial charge on any atom is -0.399 e. The third kappa shape index (κ3) is 7.61. The maximum absolute atomic E-state index is 5.90. The van der Waals surface area contributed by atoms with Crippen molar-refractivity contribution >= 4 is 39.8 Å². The van der Waals surface area contributed by atoms with E-state index in [1.165, 1.54) is 0 Å². The van der Waals surface area contributed by atoms with Gasteiger partial charge in [0.05, 0.1) is 0 Å². The first-order chi connectivity index (χ1) is 16.5. The van der Waals surface area contributed by atoms with Crippen LogP contribution in [-0.2, 0) is 0 Å². The van der Waals surface area contributed by atoms with Gasteiger partial charge in [-0.15, -0.1) is 0 Å². The Morgan fingerprint density at radius 2 is 0.914 bits per heavy atom. The first kappa shape index (κ1) is 26.9. The van der Waals surface area contributed by atoms with Gasteiger partial charge in [0.1, 0.15) is 0 Å². The van der Waals surface area contributed by atoms with Gasteiger partial charge in [0, 0.05) is 39.8 Å². The van der Waals surface area contributed by atoms with Crippen LogP contribution in [0.4, 0.5) is 39.8 Å². The van der Waals surface area contributed by atoms with Gasteiger partial charge in [0.25, 0.3) is 0 Å². The highest BCUT2D eigenvalue weighted by Crippen LogP contribution is 2.29. The molecule has 4 aromatic carbocycles. The zero-order valence-electron chi connectivity index (χ0n) is 21.3. The van der Waals surface area contributed by atoms with Gasteiger partial charge in [-0.25, -0.2) is 0 Å². The number of nitrogens with two attached hydrogens (primary N) is 5. The Balaban J connectivity index is 0.000000190. The Morgan fingerprint density at radius 3 is 1.34 bits per heavy atom. The molecule has 0 bridgehead atoms. The molecule has 0 saturated heterocycles. The quantitative estimate of drug-likeness (QED) is 0.191. The van der Waals surface area contributed by atoms with Crippen molar-refractivity contribution in [3.05, 3.63) is 101 Å². The van der Waals surface area contributed by atoms with E-state index in [1.54, 1.807) is 6.07 Å². The Kier molecular flexibility index (Phi) is 9.41. The van der Waals surface area contributed by atoms with Crippen LogP contribution < -0.4 is 34.0 Å². The highest BCUT2D eigenvalue weighted by Gasteiger charge is 2.09. The van der Waals surface area contributed by atoms with Gasteiger partial charge in [0.2, 0.25) is 0 Å². The fourth-order valence-corrected chi connectivity index (χ4v) is 3.32. The summed E-state index contributed by atoms with van der Waals surface area (Å²) < 4.78 is 0. The van der Waals surface area contributed by atoms with E-state index in [0.717, 1.165) is 67.6 Å². The zero-order chi connectivity index (χ0) is 26.1. The van der Waals surface area contributed by atoms with E-state index in [2.05, 4.69) is 5.32 Å². The number of nitrogens with one attached hydrogen (secondary N) is 1. The maximum atomic E-state index is 5.90. The molecule has 0 fully saturated rings. The average molecular weight is 471 g/mol. The van der Waals surface area contributed by atoms with Crippen LogP contribution in [0.3, 0.4) is 0 Å². The normalized spacial score (nSPS) is 9.86. The lowest BCUT2D eigenvalue weighted by Crippen LogP contribution is -2.04. The van der Waals surface area contributed by atoms with Crippen LogP contribution in [0, 0.1) is 34.6 Å². The lowest BCUT2D eigenvalue weighted by Gasteiger charge is -2.14. The summed E-state index contributed by atoms with van der Waals surface area (Å²) in [6.45, 7) is 9.97. The second kappa shape index (κ2) is 12.2. The summed E-state index contributed by atoms with van der Waals surface area (Å²) in [5, 5.41) is 3.28. The number of hydrogen-bond acceptors (Lipinski definition) is 6. The molecule has 0 heterocycles. The fraction of sp³-hybridized carbons (Fsp3) is 0.172. The number of anilines is 7. The molecule has 0 aliphatic carbocycles. The predicted octanol–water partition coefficient (Wildman–Crippen LogP) is 6.26. The van der Waals surface area contributed by atoms with E-state index in [-0.39, 0.29) is 0 Å². The molecule has 0 aromatic heterocycles. The van der Waals surface area contributed by atoms with Gasteiger partial charge in [-0.1, -0.05) is 18.2 Å². The molecular weight excluding hydrogens is 432 g/mol. The predicted molar refractivity (Wildman–Crippen MR) is 155 cm³/mol. The molecule has 0 aliphatic heterocycles. The molecule has 6 nitrogen and oxygen atoms in total. The van der Waals surface area contributed by atoms with Crippen molar-refractivity contribution in [3.8, 4) is 0 Å². The summed E-state index contributed by atoms with van der Waals surface area (Å²) >= 11 is 0. The topological polar surface area (TPSA) is 142 Å². The molecule has 0 unspecified atom stereocenters. The fourth-order valence-electron chi connectivity index (χ4n) is 3.32. The first-order valence-corrected chi connectivity index (χ1v) is 11.4. The van der Waals surface area contributed by atoms with Crippen molar-refractivity contribution in [3.63, 3.8) is 0 Å². The largest absolute Gasteiger partial charge is 0.399 e. The van der Waals surface area contributed by atoms with Crippen molar-refractivity contribution in [1.82, 2.24) is 0 Å². The van der Waals surface area contributed by atoms with E-state index < -0.39 is 0 Å². The van der Waals surface area contributed by atoms with E-state index >= 15 is 0 Å². The van der Waals surface area contributed by atoms with E-state index in [4.69, 9.17) is 28.7 Å². The molecule has 4 rings (SSSR count). The summed E-state index contributed by atoms with van der Waals surface area (Å²) in [5.41, 5.74) is 40.1. The average Bonchev–Trinajstić information content (AvgIpc) is 2.86. The number of benzene rings is 4. The lowest BCUT2D eigenvalue weighted by atomic mass is 9.97. The third-order valence-electron chi connectivity index (χ3n) is 6.01. The van der Waals surface area contributed by atoms with Crippen LogP contribution in [0.5, 0.6) is 0 Å². The van der Waals surface area contributed by atoms with Crippen LogP contribution in [0.15, 0.2) is 72.8 Å². The number of rotatable bonds is 2. The number of aryl methyl sites for hydroxylation is 1. The monoisotopic (exact) mass is 470 g/mol. The molecule has 11 N–H and O–H groups in total. The maximum Gasteiger partial charge on any atom is 0.0385 e. The molecule has 6 heteroatoms. The van der Waals surface area contributed by atoms with Crippen molar-refractivity contribution in [2.75, 3.05) is 34.0 Å².